The molecule has 8 heteroatoms. The van der Waals surface area contributed by atoms with Gasteiger partial charge in [0.05, 0.1) is 0 Å². The minimum atomic E-state index is -1.00. The van der Waals surface area contributed by atoms with Crippen molar-refractivity contribution in [2.45, 2.75) is 91.0 Å². The number of hydrogen-bond acceptors (Lipinski definition) is 5. The summed E-state index contributed by atoms with van der Waals surface area (Å²) in [6.45, 7) is 11.1. The summed E-state index contributed by atoms with van der Waals surface area (Å²) in [4.78, 5) is 42.5. The smallest absolute Gasteiger partial charge is 0.408 e. The SMILES string of the molecule is Cc1ccccc1NC(=O)C(c1cccc(O)c1)N(C(=O)C(CC(C)C)NC(=O)OC(C)(C)C)C1CCC1. The molecule has 2 unspecified atom stereocenters. The fourth-order valence-electron chi connectivity index (χ4n) is 4.55. The molecule has 0 bridgehead atoms. The van der Waals surface area contributed by atoms with E-state index in [-0.39, 0.29) is 29.5 Å². The van der Waals surface area contributed by atoms with Gasteiger partial charge in [0.1, 0.15) is 23.4 Å². The van der Waals surface area contributed by atoms with Gasteiger partial charge in [0, 0.05) is 11.7 Å². The second-order valence-electron chi connectivity index (χ2n) is 11.5. The Kier molecular flexibility index (Phi) is 9.41. The molecule has 0 saturated heterocycles. The fraction of sp³-hybridized carbons (Fsp3) is 0.500. The number of carbonyl (C=O) groups excluding carboxylic acids is 3. The molecule has 1 fully saturated rings. The van der Waals surface area contributed by atoms with Crippen LogP contribution in [0.3, 0.4) is 0 Å². The average Bonchev–Trinajstić information content (AvgIpc) is 2.76. The molecule has 8 nitrogen and oxygen atoms in total. The second-order valence-corrected chi connectivity index (χ2v) is 11.5. The minimum absolute atomic E-state index is 0.00260. The van der Waals surface area contributed by atoms with Crippen LogP contribution in [-0.2, 0) is 14.3 Å². The first-order valence-corrected chi connectivity index (χ1v) is 13.3. The highest BCUT2D eigenvalue weighted by molar-refractivity contribution is 5.99. The Morgan fingerprint density at radius 3 is 2.32 bits per heavy atom. The van der Waals surface area contributed by atoms with E-state index in [9.17, 15) is 19.5 Å². The van der Waals surface area contributed by atoms with Crippen LogP contribution < -0.4 is 10.6 Å². The van der Waals surface area contributed by atoms with Gasteiger partial charge in [-0.2, -0.15) is 0 Å². The normalized spacial score (nSPS) is 15.2. The maximum absolute atomic E-state index is 14.3. The van der Waals surface area contributed by atoms with Crippen molar-refractivity contribution in [2.75, 3.05) is 5.32 Å². The summed E-state index contributed by atoms with van der Waals surface area (Å²) >= 11 is 0. The molecule has 1 aliphatic rings. The number of carbonyl (C=O) groups is 3. The number of anilines is 1. The molecule has 0 aliphatic heterocycles. The van der Waals surface area contributed by atoms with Crippen LogP contribution in [0, 0.1) is 12.8 Å². The molecule has 206 valence electrons. The predicted octanol–water partition coefficient (Wildman–Crippen LogP) is 5.70. The third-order valence-corrected chi connectivity index (χ3v) is 6.53. The summed E-state index contributed by atoms with van der Waals surface area (Å²) in [7, 11) is 0. The molecule has 3 amide bonds. The third-order valence-electron chi connectivity index (χ3n) is 6.53. The van der Waals surface area contributed by atoms with Crippen LogP contribution >= 0.6 is 0 Å². The maximum Gasteiger partial charge on any atom is 0.408 e. The monoisotopic (exact) mass is 523 g/mol. The van der Waals surface area contributed by atoms with Crippen LogP contribution in [0.25, 0.3) is 0 Å². The summed E-state index contributed by atoms with van der Waals surface area (Å²) in [5, 5.41) is 16.0. The van der Waals surface area contributed by atoms with E-state index in [4.69, 9.17) is 4.74 Å². The van der Waals surface area contributed by atoms with Gasteiger partial charge in [0.15, 0.2) is 0 Å². The first-order chi connectivity index (χ1) is 17.9. The van der Waals surface area contributed by atoms with E-state index in [2.05, 4.69) is 10.6 Å². The second kappa shape index (κ2) is 12.3. The van der Waals surface area contributed by atoms with Crippen molar-refractivity contribution in [3.8, 4) is 5.75 Å². The number of phenolic OH excluding ortho intramolecular Hbond substituents is 1. The Morgan fingerprint density at radius 1 is 1.08 bits per heavy atom. The standard InChI is InChI=1S/C30H41N3O5/c1-19(2)17-25(32-29(37)38-30(4,5)6)28(36)33(22-13-10-14-22)26(21-12-9-15-23(34)18-21)27(35)31-24-16-8-7-11-20(24)3/h7-9,11-12,15-16,18-19,22,25-26,34H,10,13-14,17H2,1-6H3,(H,31,35)(H,32,37). The largest absolute Gasteiger partial charge is 0.508 e. The van der Waals surface area contributed by atoms with Gasteiger partial charge in [-0.3, -0.25) is 9.59 Å². The lowest BCUT2D eigenvalue weighted by molar-refractivity contribution is -0.146. The van der Waals surface area contributed by atoms with E-state index in [1.165, 1.54) is 12.1 Å². The zero-order chi connectivity index (χ0) is 28.0. The summed E-state index contributed by atoms with van der Waals surface area (Å²) in [5.41, 5.74) is 1.31. The number of alkyl carbamates (subject to hydrolysis) is 1. The number of nitrogens with zero attached hydrogens (tertiary/aromatic N) is 1. The Hall–Kier alpha value is -3.55. The van der Waals surface area contributed by atoms with E-state index in [0.717, 1.165) is 24.8 Å². The van der Waals surface area contributed by atoms with Crippen LogP contribution in [0.5, 0.6) is 5.75 Å². The summed E-state index contributed by atoms with van der Waals surface area (Å²) in [5.74, 6) is -0.627. The molecular weight excluding hydrogens is 482 g/mol. The molecule has 1 aliphatic carbocycles. The van der Waals surface area contributed by atoms with Crippen molar-refractivity contribution in [1.29, 1.82) is 0 Å². The predicted molar refractivity (Wildman–Crippen MR) is 148 cm³/mol. The van der Waals surface area contributed by atoms with Gasteiger partial charge in [0.25, 0.3) is 5.91 Å². The summed E-state index contributed by atoms with van der Waals surface area (Å²) in [6, 6.07) is 11.8. The number of ether oxygens (including phenoxy) is 1. The van der Waals surface area contributed by atoms with E-state index in [0.29, 0.717) is 17.7 Å². The first-order valence-electron chi connectivity index (χ1n) is 13.3. The highest BCUT2D eigenvalue weighted by Gasteiger charge is 2.42. The van der Waals surface area contributed by atoms with E-state index in [1.807, 2.05) is 45.0 Å². The molecule has 2 atom stereocenters. The number of amides is 3. The van der Waals surface area contributed by atoms with Gasteiger partial charge < -0.3 is 25.4 Å². The molecule has 2 aromatic carbocycles. The van der Waals surface area contributed by atoms with Crippen LogP contribution in [0.15, 0.2) is 48.5 Å². The van der Waals surface area contributed by atoms with Crippen molar-refractivity contribution in [3.05, 3.63) is 59.7 Å². The lowest BCUT2D eigenvalue weighted by Crippen LogP contribution is -2.57. The van der Waals surface area contributed by atoms with Crippen LogP contribution in [-0.4, -0.2) is 45.6 Å². The molecule has 38 heavy (non-hydrogen) atoms. The molecule has 1 saturated carbocycles. The highest BCUT2D eigenvalue weighted by Crippen LogP contribution is 2.35. The average molecular weight is 524 g/mol. The van der Waals surface area contributed by atoms with Crippen LogP contribution in [0.4, 0.5) is 10.5 Å². The molecule has 2 aromatic rings. The number of benzene rings is 2. The van der Waals surface area contributed by atoms with E-state index >= 15 is 0 Å². The molecule has 0 heterocycles. The molecule has 0 aromatic heterocycles. The lowest BCUT2D eigenvalue weighted by Gasteiger charge is -2.43. The summed E-state index contributed by atoms with van der Waals surface area (Å²) < 4.78 is 5.45. The van der Waals surface area contributed by atoms with Gasteiger partial charge in [-0.05, 0) is 88.6 Å². The minimum Gasteiger partial charge on any atom is -0.508 e. The number of phenols is 1. The lowest BCUT2D eigenvalue weighted by atomic mass is 9.87. The number of para-hydroxylation sites is 1. The molecule has 0 spiro atoms. The van der Waals surface area contributed by atoms with Crippen LogP contribution in [0.1, 0.15) is 77.5 Å². The third kappa shape index (κ3) is 7.73. The van der Waals surface area contributed by atoms with Gasteiger partial charge in [-0.1, -0.05) is 44.2 Å². The first kappa shape index (κ1) is 29.0. The number of nitrogens with one attached hydrogen (secondary N) is 2. The van der Waals surface area contributed by atoms with Crippen molar-refractivity contribution < 1.29 is 24.2 Å². The van der Waals surface area contributed by atoms with Gasteiger partial charge in [-0.25, -0.2) is 4.79 Å². The number of aromatic hydroxyl groups is 1. The number of aryl methyl sites for hydroxylation is 1. The van der Waals surface area contributed by atoms with Gasteiger partial charge >= 0.3 is 6.09 Å². The summed E-state index contributed by atoms with van der Waals surface area (Å²) in [6.07, 6.45) is 2.14. The van der Waals surface area contributed by atoms with Crippen LogP contribution in [0.2, 0.25) is 0 Å². The van der Waals surface area contributed by atoms with Crippen molar-refractivity contribution in [3.63, 3.8) is 0 Å². The molecule has 3 rings (SSSR count). The Labute approximate surface area is 225 Å². The molecule has 0 radical (unpaired) electrons. The molecular formula is C30H41N3O5. The zero-order valence-electron chi connectivity index (χ0n) is 23.3. The zero-order valence-corrected chi connectivity index (χ0v) is 23.3. The van der Waals surface area contributed by atoms with Crippen molar-refractivity contribution >= 4 is 23.6 Å². The quantitative estimate of drug-likeness (QED) is 0.391. The molecule has 3 N–H and O–H groups in total. The Morgan fingerprint density at radius 2 is 1.76 bits per heavy atom. The van der Waals surface area contributed by atoms with Crippen molar-refractivity contribution in [1.82, 2.24) is 10.2 Å². The topological polar surface area (TPSA) is 108 Å². The van der Waals surface area contributed by atoms with E-state index in [1.54, 1.807) is 37.8 Å². The Bertz CT molecular complexity index is 1140. The number of hydrogen-bond donors (Lipinski definition) is 3. The Balaban J connectivity index is 2.03. The fourth-order valence-corrected chi connectivity index (χ4v) is 4.55. The van der Waals surface area contributed by atoms with Crippen molar-refractivity contribution in [2.24, 2.45) is 5.92 Å². The number of rotatable bonds is 9. The highest BCUT2D eigenvalue weighted by atomic mass is 16.6. The maximum atomic E-state index is 14.3. The van der Waals surface area contributed by atoms with E-state index < -0.39 is 23.8 Å². The van der Waals surface area contributed by atoms with Gasteiger partial charge in [-0.15, -0.1) is 0 Å². The van der Waals surface area contributed by atoms with Gasteiger partial charge in [0.2, 0.25) is 5.91 Å².